The van der Waals surface area contributed by atoms with E-state index in [2.05, 4.69) is 14.8 Å². The smallest absolute Gasteiger partial charge is 0.338 e. The lowest BCUT2D eigenvalue weighted by Gasteiger charge is -2.16. The van der Waals surface area contributed by atoms with Gasteiger partial charge in [0.05, 0.1) is 6.61 Å². The van der Waals surface area contributed by atoms with Gasteiger partial charge in [-0.2, -0.15) is 0 Å². The predicted molar refractivity (Wildman–Crippen MR) is 62.8 cm³/mol. The van der Waals surface area contributed by atoms with Crippen LogP contribution in [0.5, 0.6) is 0 Å². The van der Waals surface area contributed by atoms with E-state index in [-0.39, 0.29) is 17.9 Å². The molecule has 0 aromatic heterocycles. The number of carbonyl (C=O) groups excluding carboxylic acids is 1. The highest BCUT2D eigenvalue weighted by molar-refractivity contribution is 5.75. The van der Waals surface area contributed by atoms with E-state index in [1.807, 2.05) is 0 Å². The SMILES string of the molecule is CCOC(=O)C(O)C(O)c1cccc(N=[N+]=[N-])c1. The van der Waals surface area contributed by atoms with Gasteiger partial charge in [-0.15, -0.1) is 0 Å². The Labute approximate surface area is 103 Å². The molecule has 0 amide bonds. The molecule has 0 heterocycles. The fraction of sp³-hybridized carbons (Fsp3) is 0.364. The van der Waals surface area contributed by atoms with Crippen molar-refractivity contribution in [1.29, 1.82) is 0 Å². The second kappa shape index (κ2) is 6.61. The summed E-state index contributed by atoms with van der Waals surface area (Å²) in [4.78, 5) is 13.9. The normalized spacial score (nSPS) is 13.3. The lowest BCUT2D eigenvalue weighted by atomic mass is 10.0. The van der Waals surface area contributed by atoms with Crippen molar-refractivity contribution >= 4 is 11.7 Å². The summed E-state index contributed by atoms with van der Waals surface area (Å²) in [6, 6.07) is 5.96. The van der Waals surface area contributed by atoms with Gasteiger partial charge in [0.25, 0.3) is 0 Å². The number of rotatable bonds is 5. The molecule has 0 radical (unpaired) electrons. The first-order chi connectivity index (χ1) is 8.60. The Morgan fingerprint density at radius 3 is 2.89 bits per heavy atom. The molecule has 7 heteroatoms. The van der Waals surface area contributed by atoms with E-state index >= 15 is 0 Å². The maximum Gasteiger partial charge on any atom is 0.338 e. The average Bonchev–Trinajstić information content (AvgIpc) is 2.38. The Bertz CT molecular complexity index is 471. The number of hydrogen-bond acceptors (Lipinski definition) is 5. The van der Waals surface area contributed by atoms with Crippen LogP contribution in [0.3, 0.4) is 0 Å². The van der Waals surface area contributed by atoms with Crippen LogP contribution in [0.2, 0.25) is 0 Å². The van der Waals surface area contributed by atoms with Gasteiger partial charge in [0, 0.05) is 10.6 Å². The highest BCUT2D eigenvalue weighted by Gasteiger charge is 2.26. The molecular formula is C11H13N3O4. The fourth-order valence-corrected chi connectivity index (χ4v) is 1.36. The van der Waals surface area contributed by atoms with E-state index in [1.165, 1.54) is 18.2 Å². The molecule has 2 N–H and O–H groups in total. The second-order valence-electron chi connectivity index (χ2n) is 3.43. The number of azide groups is 1. The van der Waals surface area contributed by atoms with Gasteiger partial charge in [0.1, 0.15) is 6.10 Å². The molecule has 7 nitrogen and oxygen atoms in total. The van der Waals surface area contributed by atoms with Crippen molar-refractivity contribution in [3.05, 3.63) is 40.3 Å². The molecule has 0 saturated heterocycles. The van der Waals surface area contributed by atoms with Crippen LogP contribution in [0.25, 0.3) is 10.4 Å². The minimum Gasteiger partial charge on any atom is -0.464 e. The van der Waals surface area contributed by atoms with E-state index in [9.17, 15) is 15.0 Å². The van der Waals surface area contributed by atoms with Crippen LogP contribution in [0, 0.1) is 0 Å². The van der Waals surface area contributed by atoms with Crippen LogP contribution in [0.15, 0.2) is 29.4 Å². The van der Waals surface area contributed by atoms with Crippen molar-refractivity contribution in [3.63, 3.8) is 0 Å². The Morgan fingerprint density at radius 1 is 1.56 bits per heavy atom. The van der Waals surface area contributed by atoms with Gasteiger partial charge in [-0.3, -0.25) is 0 Å². The van der Waals surface area contributed by atoms with E-state index < -0.39 is 18.2 Å². The number of carbonyl (C=O) groups is 1. The molecule has 1 aromatic rings. The molecule has 2 unspecified atom stereocenters. The van der Waals surface area contributed by atoms with Gasteiger partial charge >= 0.3 is 5.97 Å². The van der Waals surface area contributed by atoms with Crippen molar-refractivity contribution in [2.24, 2.45) is 5.11 Å². The van der Waals surface area contributed by atoms with Crippen LogP contribution >= 0.6 is 0 Å². The third-order valence-electron chi connectivity index (χ3n) is 2.20. The Hall–Kier alpha value is -2.08. The summed E-state index contributed by atoms with van der Waals surface area (Å²) in [6.07, 6.45) is -3.11. The van der Waals surface area contributed by atoms with Gasteiger partial charge in [-0.05, 0) is 24.1 Å². The molecule has 96 valence electrons. The largest absolute Gasteiger partial charge is 0.464 e. The number of benzene rings is 1. The molecule has 0 saturated carbocycles. The third kappa shape index (κ3) is 3.46. The van der Waals surface area contributed by atoms with Crippen LogP contribution in [0.1, 0.15) is 18.6 Å². The fourth-order valence-electron chi connectivity index (χ4n) is 1.36. The third-order valence-corrected chi connectivity index (χ3v) is 2.20. The molecule has 0 fully saturated rings. The lowest BCUT2D eigenvalue weighted by molar-refractivity contribution is -0.159. The van der Waals surface area contributed by atoms with Crippen molar-refractivity contribution in [1.82, 2.24) is 0 Å². The van der Waals surface area contributed by atoms with Crippen LogP contribution < -0.4 is 0 Å². The summed E-state index contributed by atoms with van der Waals surface area (Å²) in [5.74, 6) is -0.904. The molecule has 18 heavy (non-hydrogen) atoms. The molecule has 0 aliphatic rings. The molecule has 1 aromatic carbocycles. The summed E-state index contributed by atoms with van der Waals surface area (Å²) in [5.41, 5.74) is 8.84. The summed E-state index contributed by atoms with van der Waals surface area (Å²) in [6.45, 7) is 1.71. The highest BCUT2D eigenvalue weighted by Crippen LogP contribution is 2.22. The van der Waals surface area contributed by atoms with Crippen molar-refractivity contribution < 1.29 is 19.7 Å². The lowest BCUT2D eigenvalue weighted by Crippen LogP contribution is -2.29. The summed E-state index contributed by atoms with van der Waals surface area (Å²) in [5, 5.41) is 22.7. The van der Waals surface area contributed by atoms with Gasteiger partial charge in [-0.1, -0.05) is 23.3 Å². The number of hydrogen-bond donors (Lipinski definition) is 2. The minimum absolute atomic E-state index is 0.112. The van der Waals surface area contributed by atoms with Gasteiger partial charge in [0.2, 0.25) is 0 Å². The summed E-state index contributed by atoms with van der Waals surface area (Å²) in [7, 11) is 0. The standard InChI is InChI=1S/C11H13N3O4/c1-2-18-11(17)10(16)9(15)7-4-3-5-8(6-7)13-14-12/h3-6,9-10,15-16H,2H2,1H3. The molecule has 0 spiro atoms. The Morgan fingerprint density at radius 2 is 2.28 bits per heavy atom. The monoisotopic (exact) mass is 251 g/mol. The van der Waals surface area contributed by atoms with Gasteiger partial charge in [0.15, 0.2) is 6.10 Å². The first-order valence-electron chi connectivity index (χ1n) is 5.28. The minimum atomic E-state index is -1.67. The van der Waals surface area contributed by atoms with E-state index in [0.717, 1.165) is 0 Å². The van der Waals surface area contributed by atoms with E-state index in [0.29, 0.717) is 0 Å². The van der Waals surface area contributed by atoms with Crippen molar-refractivity contribution in [2.75, 3.05) is 6.61 Å². The van der Waals surface area contributed by atoms with Crippen LogP contribution in [-0.2, 0) is 9.53 Å². The number of ether oxygens (including phenoxy) is 1. The Balaban J connectivity index is 2.89. The molecule has 0 aliphatic carbocycles. The second-order valence-corrected chi connectivity index (χ2v) is 3.43. The molecule has 0 bridgehead atoms. The topological polar surface area (TPSA) is 116 Å². The number of aliphatic hydroxyl groups is 2. The average molecular weight is 251 g/mol. The number of nitrogens with zero attached hydrogens (tertiary/aromatic N) is 3. The van der Waals surface area contributed by atoms with Crippen molar-refractivity contribution in [2.45, 2.75) is 19.1 Å². The molecule has 1 rings (SSSR count). The zero-order chi connectivity index (χ0) is 13.5. The quantitative estimate of drug-likeness (QED) is 0.357. The van der Waals surface area contributed by atoms with E-state index in [1.54, 1.807) is 13.0 Å². The maximum atomic E-state index is 11.3. The number of esters is 1. The first kappa shape index (κ1) is 14.0. The Kier molecular flexibility index (Phi) is 5.13. The summed E-state index contributed by atoms with van der Waals surface area (Å²) < 4.78 is 4.59. The summed E-state index contributed by atoms with van der Waals surface area (Å²) >= 11 is 0. The van der Waals surface area contributed by atoms with Crippen molar-refractivity contribution in [3.8, 4) is 0 Å². The number of aliphatic hydroxyl groups excluding tert-OH is 2. The van der Waals surface area contributed by atoms with Crippen LogP contribution in [-0.4, -0.2) is 28.9 Å². The zero-order valence-corrected chi connectivity index (χ0v) is 9.72. The molecule has 0 aliphatic heterocycles. The molecular weight excluding hydrogens is 238 g/mol. The van der Waals surface area contributed by atoms with Gasteiger partial charge < -0.3 is 14.9 Å². The molecule has 2 atom stereocenters. The van der Waals surface area contributed by atoms with Gasteiger partial charge in [-0.25, -0.2) is 4.79 Å². The zero-order valence-electron chi connectivity index (χ0n) is 9.72. The predicted octanol–water partition coefficient (Wildman–Crippen LogP) is 1.59. The van der Waals surface area contributed by atoms with E-state index in [4.69, 9.17) is 5.53 Å². The maximum absolute atomic E-state index is 11.3. The highest BCUT2D eigenvalue weighted by atomic mass is 16.5. The first-order valence-corrected chi connectivity index (χ1v) is 5.28. The van der Waals surface area contributed by atoms with Crippen LogP contribution in [0.4, 0.5) is 5.69 Å².